The monoisotopic (exact) mass is 246 g/mol. The lowest BCUT2D eigenvalue weighted by Crippen LogP contribution is -1.94. The van der Waals surface area contributed by atoms with Gasteiger partial charge in [-0.15, -0.1) is 21.5 Å². The van der Waals surface area contributed by atoms with E-state index in [1.807, 2.05) is 34.0 Å². The van der Waals surface area contributed by atoms with Crippen molar-refractivity contribution in [2.45, 2.75) is 0 Å². The molecule has 0 atom stereocenters. The van der Waals surface area contributed by atoms with Crippen LogP contribution in [0.15, 0.2) is 29.6 Å². The van der Waals surface area contributed by atoms with Crippen molar-refractivity contribution in [3.8, 4) is 17.0 Å². The first-order valence-electron chi connectivity index (χ1n) is 5.02. The average molecular weight is 246 g/mol. The lowest BCUT2D eigenvalue weighted by molar-refractivity contribution is 0.415. The van der Waals surface area contributed by atoms with Gasteiger partial charge in [0.25, 0.3) is 0 Å². The number of aromatic nitrogens is 3. The molecule has 2 aromatic heterocycles. The number of fused-ring (bicyclic) bond motifs is 1. The number of anilines is 1. The number of thiazole rings is 1. The van der Waals surface area contributed by atoms with Crippen LogP contribution in [0, 0.1) is 0 Å². The van der Waals surface area contributed by atoms with Crippen LogP contribution in [0.1, 0.15) is 0 Å². The molecule has 3 rings (SSSR count). The van der Waals surface area contributed by atoms with Gasteiger partial charge in [-0.3, -0.25) is 4.40 Å². The third-order valence-corrected chi connectivity index (χ3v) is 3.38. The Hall–Kier alpha value is -2.08. The quantitative estimate of drug-likeness (QED) is 0.751. The molecule has 17 heavy (non-hydrogen) atoms. The second kappa shape index (κ2) is 3.74. The van der Waals surface area contributed by atoms with Gasteiger partial charge in [-0.2, -0.15) is 0 Å². The van der Waals surface area contributed by atoms with Crippen molar-refractivity contribution >= 4 is 22.2 Å². The summed E-state index contributed by atoms with van der Waals surface area (Å²) in [5.41, 5.74) is 7.84. The van der Waals surface area contributed by atoms with E-state index in [-0.39, 0.29) is 0 Å². The number of hydrogen-bond acceptors (Lipinski definition) is 5. The van der Waals surface area contributed by atoms with Crippen LogP contribution in [-0.2, 0) is 0 Å². The van der Waals surface area contributed by atoms with Crippen molar-refractivity contribution in [1.82, 2.24) is 14.6 Å². The summed E-state index contributed by atoms with van der Waals surface area (Å²) in [5, 5.41) is 9.85. The SMILES string of the molecule is COc1ccc(-c2csc3nnc(N)n23)cc1. The summed E-state index contributed by atoms with van der Waals surface area (Å²) in [6.45, 7) is 0. The van der Waals surface area contributed by atoms with Gasteiger partial charge in [0.1, 0.15) is 5.75 Å². The van der Waals surface area contributed by atoms with Gasteiger partial charge < -0.3 is 10.5 Å². The number of methoxy groups -OCH3 is 1. The van der Waals surface area contributed by atoms with Crippen molar-refractivity contribution < 1.29 is 4.74 Å². The Morgan fingerprint density at radius 1 is 1.24 bits per heavy atom. The van der Waals surface area contributed by atoms with E-state index >= 15 is 0 Å². The molecular formula is C11H10N4OS. The van der Waals surface area contributed by atoms with Gasteiger partial charge in [0.15, 0.2) is 0 Å². The van der Waals surface area contributed by atoms with E-state index in [0.717, 1.165) is 22.0 Å². The summed E-state index contributed by atoms with van der Waals surface area (Å²) in [5.74, 6) is 1.24. The fourth-order valence-corrected chi connectivity index (χ4v) is 2.55. The highest BCUT2D eigenvalue weighted by Crippen LogP contribution is 2.28. The lowest BCUT2D eigenvalue weighted by Gasteiger charge is -2.02. The predicted octanol–water partition coefficient (Wildman–Crippen LogP) is 2.05. The molecule has 0 radical (unpaired) electrons. The molecule has 1 aromatic carbocycles. The maximum Gasteiger partial charge on any atom is 0.227 e. The minimum absolute atomic E-state index is 0.409. The zero-order valence-electron chi connectivity index (χ0n) is 9.12. The van der Waals surface area contributed by atoms with E-state index in [1.54, 1.807) is 7.11 Å². The van der Waals surface area contributed by atoms with Crippen molar-refractivity contribution in [3.05, 3.63) is 29.6 Å². The number of hydrogen-bond donors (Lipinski definition) is 1. The first kappa shape index (κ1) is 10.1. The molecular weight excluding hydrogens is 236 g/mol. The zero-order valence-corrected chi connectivity index (χ0v) is 9.94. The summed E-state index contributed by atoms with van der Waals surface area (Å²) in [6, 6.07) is 7.80. The van der Waals surface area contributed by atoms with Gasteiger partial charge in [0, 0.05) is 5.38 Å². The second-order valence-electron chi connectivity index (χ2n) is 3.53. The van der Waals surface area contributed by atoms with Crippen LogP contribution in [0.2, 0.25) is 0 Å². The molecule has 6 heteroatoms. The fourth-order valence-electron chi connectivity index (χ4n) is 1.70. The molecule has 0 aliphatic rings. The van der Waals surface area contributed by atoms with Crippen LogP contribution in [0.4, 0.5) is 5.95 Å². The molecule has 2 N–H and O–H groups in total. The maximum absolute atomic E-state index is 5.79. The number of ether oxygens (including phenoxy) is 1. The molecule has 0 unspecified atom stereocenters. The lowest BCUT2D eigenvalue weighted by atomic mass is 10.2. The van der Waals surface area contributed by atoms with Crippen molar-refractivity contribution in [2.75, 3.05) is 12.8 Å². The summed E-state index contributed by atoms with van der Waals surface area (Å²) in [7, 11) is 1.65. The van der Waals surface area contributed by atoms with E-state index in [9.17, 15) is 0 Å². The molecule has 86 valence electrons. The summed E-state index contributed by atoms with van der Waals surface area (Å²) < 4.78 is 6.97. The third kappa shape index (κ3) is 1.53. The van der Waals surface area contributed by atoms with E-state index in [4.69, 9.17) is 10.5 Å². The van der Waals surface area contributed by atoms with Gasteiger partial charge in [0.2, 0.25) is 10.9 Å². The van der Waals surface area contributed by atoms with E-state index in [2.05, 4.69) is 10.2 Å². The van der Waals surface area contributed by atoms with E-state index in [0.29, 0.717) is 5.95 Å². The van der Waals surface area contributed by atoms with Crippen LogP contribution >= 0.6 is 11.3 Å². The summed E-state index contributed by atoms with van der Waals surface area (Å²) >= 11 is 1.52. The smallest absolute Gasteiger partial charge is 0.227 e. The molecule has 0 saturated carbocycles. The number of nitrogens with two attached hydrogens (primary N) is 1. The molecule has 3 aromatic rings. The van der Waals surface area contributed by atoms with Crippen LogP contribution in [0.25, 0.3) is 16.2 Å². The molecule has 0 amide bonds. The summed E-state index contributed by atoms with van der Waals surface area (Å²) in [4.78, 5) is 0.799. The zero-order chi connectivity index (χ0) is 11.8. The summed E-state index contributed by atoms with van der Waals surface area (Å²) in [6.07, 6.45) is 0. The van der Waals surface area contributed by atoms with Crippen LogP contribution < -0.4 is 10.5 Å². The van der Waals surface area contributed by atoms with Crippen molar-refractivity contribution in [3.63, 3.8) is 0 Å². The first-order valence-corrected chi connectivity index (χ1v) is 5.90. The molecule has 0 spiro atoms. The van der Waals surface area contributed by atoms with Gasteiger partial charge in [-0.25, -0.2) is 0 Å². The minimum atomic E-state index is 0.409. The number of rotatable bonds is 2. The van der Waals surface area contributed by atoms with Gasteiger partial charge in [-0.1, -0.05) is 0 Å². The molecule has 0 bridgehead atoms. The van der Waals surface area contributed by atoms with Crippen LogP contribution in [0.3, 0.4) is 0 Å². The third-order valence-electron chi connectivity index (χ3n) is 2.56. The molecule has 0 fully saturated rings. The number of nitrogens with zero attached hydrogens (tertiary/aromatic N) is 3. The first-order chi connectivity index (χ1) is 8.29. The molecule has 0 saturated heterocycles. The largest absolute Gasteiger partial charge is 0.497 e. The van der Waals surface area contributed by atoms with Gasteiger partial charge in [-0.05, 0) is 29.8 Å². The predicted molar refractivity (Wildman–Crippen MR) is 67.3 cm³/mol. The minimum Gasteiger partial charge on any atom is -0.497 e. The Labute approximate surface area is 101 Å². The second-order valence-corrected chi connectivity index (χ2v) is 4.36. The van der Waals surface area contributed by atoms with Crippen molar-refractivity contribution in [1.29, 1.82) is 0 Å². The van der Waals surface area contributed by atoms with Crippen LogP contribution in [0.5, 0.6) is 5.75 Å². The van der Waals surface area contributed by atoms with E-state index in [1.165, 1.54) is 11.3 Å². The topological polar surface area (TPSA) is 65.4 Å². The molecule has 5 nitrogen and oxygen atoms in total. The Balaban J connectivity index is 2.16. The standard InChI is InChI=1S/C11H10N4OS/c1-16-8-4-2-7(3-5-8)9-6-17-11-14-13-10(12)15(9)11/h2-6H,1H3,(H2,12,13). The molecule has 0 aliphatic heterocycles. The van der Waals surface area contributed by atoms with Gasteiger partial charge >= 0.3 is 0 Å². The highest BCUT2D eigenvalue weighted by Gasteiger charge is 2.10. The molecule has 2 heterocycles. The average Bonchev–Trinajstić information content (AvgIpc) is 2.93. The van der Waals surface area contributed by atoms with Gasteiger partial charge in [0.05, 0.1) is 12.8 Å². The number of benzene rings is 1. The fraction of sp³-hybridized carbons (Fsp3) is 0.0909. The number of nitrogen functional groups attached to an aromatic ring is 1. The highest BCUT2D eigenvalue weighted by molar-refractivity contribution is 7.15. The Kier molecular flexibility index (Phi) is 2.22. The van der Waals surface area contributed by atoms with Crippen LogP contribution in [-0.4, -0.2) is 21.7 Å². The Morgan fingerprint density at radius 2 is 2.00 bits per heavy atom. The van der Waals surface area contributed by atoms with E-state index < -0.39 is 0 Å². The Bertz CT molecular complexity index is 656. The maximum atomic E-state index is 5.79. The molecule has 0 aliphatic carbocycles. The van der Waals surface area contributed by atoms with Crippen molar-refractivity contribution in [2.24, 2.45) is 0 Å². The highest BCUT2D eigenvalue weighted by atomic mass is 32.1. The Morgan fingerprint density at radius 3 is 2.71 bits per heavy atom. The normalized spacial score (nSPS) is 10.9.